The summed E-state index contributed by atoms with van der Waals surface area (Å²) in [6.07, 6.45) is 1.63. The minimum Gasteiger partial charge on any atom is -0.339 e. The fourth-order valence-electron chi connectivity index (χ4n) is 2.56. The van der Waals surface area contributed by atoms with Gasteiger partial charge in [0.25, 0.3) is 0 Å². The van der Waals surface area contributed by atoms with Crippen molar-refractivity contribution in [1.29, 1.82) is 0 Å². The maximum atomic E-state index is 10.5. The lowest BCUT2D eigenvalue weighted by atomic mass is 10.1. The molecule has 0 aliphatic rings. The summed E-state index contributed by atoms with van der Waals surface area (Å²) in [6, 6.07) is 14.1. The van der Waals surface area contributed by atoms with E-state index >= 15 is 0 Å². The molecule has 0 bridgehead atoms. The van der Waals surface area contributed by atoms with E-state index in [0.717, 1.165) is 17.4 Å². The summed E-state index contributed by atoms with van der Waals surface area (Å²) < 4.78 is 2.18. The van der Waals surface area contributed by atoms with Crippen LogP contribution in [0.2, 0.25) is 0 Å². The van der Waals surface area contributed by atoms with Gasteiger partial charge in [-0.2, -0.15) is 4.99 Å². The Labute approximate surface area is 104 Å². The fraction of sp³-hybridized carbons (Fsp3) is 0.133. The van der Waals surface area contributed by atoms with Crippen molar-refractivity contribution in [3.05, 3.63) is 42.5 Å². The van der Waals surface area contributed by atoms with Gasteiger partial charge in [-0.3, -0.25) is 0 Å². The largest absolute Gasteiger partial charge is 0.339 e. The number of isocyanates is 1. The van der Waals surface area contributed by atoms with Crippen molar-refractivity contribution in [2.24, 2.45) is 4.99 Å². The molecule has 3 aromatic rings. The van der Waals surface area contributed by atoms with Crippen LogP contribution in [0.15, 0.2) is 47.5 Å². The summed E-state index contributed by atoms with van der Waals surface area (Å²) in [7, 11) is 0. The van der Waals surface area contributed by atoms with E-state index in [9.17, 15) is 4.79 Å². The molecule has 18 heavy (non-hydrogen) atoms. The second kappa shape index (κ2) is 4.13. The van der Waals surface area contributed by atoms with E-state index in [4.69, 9.17) is 0 Å². The number of hydrogen-bond donors (Lipinski definition) is 0. The van der Waals surface area contributed by atoms with Crippen LogP contribution in [0.3, 0.4) is 0 Å². The molecule has 88 valence electrons. The standard InChI is InChI=1S/C15H12N2O/c1-2-17-14-9-4-3-6-11(14)12-7-5-8-13(15(12)17)16-10-18/h3-9H,2H2,1H3. The Kier molecular flexibility index (Phi) is 2.47. The molecule has 0 amide bonds. The van der Waals surface area contributed by atoms with Crippen molar-refractivity contribution < 1.29 is 4.79 Å². The summed E-state index contributed by atoms with van der Waals surface area (Å²) in [5.41, 5.74) is 2.86. The third-order valence-electron chi connectivity index (χ3n) is 3.25. The molecule has 0 N–H and O–H groups in total. The van der Waals surface area contributed by atoms with Crippen LogP contribution < -0.4 is 0 Å². The highest BCUT2D eigenvalue weighted by atomic mass is 16.1. The number of aliphatic imine (C=N–C) groups is 1. The monoisotopic (exact) mass is 236 g/mol. The van der Waals surface area contributed by atoms with E-state index in [0.29, 0.717) is 5.69 Å². The third-order valence-corrected chi connectivity index (χ3v) is 3.25. The Hall–Kier alpha value is -2.38. The number of carbonyl (C=O) groups excluding carboxylic acids is 1. The van der Waals surface area contributed by atoms with Crippen LogP contribution >= 0.6 is 0 Å². The summed E-state index contributed by atoms with van der Waals surface area (Å²) in [6.45, 7) is 2.93. The summed E-state index contributed by atoms with van der Waals surface area (Å²) in [5.74, 6) is 0. The molecule has 3 nitrogen and oxygen atoms in total. The molecular weight excluding hydrogens is 224 g/mol. The lowest BCUT2D eigenvalue weighted by molar-refractivity contribution is 0.565. The second-order valence-corrected chi connectivity index (χ2v) is 4.14. The first-order chi connectivity index (χ1) is 8.86. The van der Waals surface area contributed by atoms with Gasteiger partial charge in [-0.05, 0) is 19.1 Å². The first-order valence-electron chi connectivity index (χ1n) is 5.94. The van der Waals surface area contributed by atoms with E-state index < -0.39 is 0 Å². The van der Waals surface area contributed by atoms with Crippen LogP contribution in [0.25, 0.3) is 21.8 Å². The van der Waals surface area contributed by atoms with Crippen LogP contribution in [0.1, 0.15) is 6.92 Å². The molecule has 0 saturated carbocycles. The van der Waals surface area contributed by atoms with Gasteiger partial charge >= 0.3 is 0 Å². The predicted octanol–water partition coefficient (Wildman–Crippen LogP) is 3.78. The summed E-state index contributed by atoms with van der Waals surface area (Å²) >= 11 is 0. The Morgan fingerprint density at radius 2 is 1.89 bits per heavy atom. The molecule has 1 heterocycles. The number of fused-ring (bicyclic) bond motifs is 3. The van der Waals surface area contributed by atoms with Crippen molar-refractivity contribution in [2.45, 2.75) is 13.5 Å². The normalized spacial score (nSPS) is 10.7. The molecule has 0 fully saturated rings. The molecule has 0 atom stereocenters. The van der Waals surface area contributed by atoms with E-state index in [1.165, 1.54) is 10.9 Å². The van der Waals surface area contributed by atoms with Crippen LogP contribution in [0, 0.1) is 0 Å². The Balaban J connectivity index is 2.59. The minimum absolute atomic E-state index is 0.681. The average molecular weight is 236 g/mol. The quantitative estimate of drug-likeness (QED) is 0.492. The van der Waals surface area contributed by atoms with Gasteiger partial charge in [0, 0.05) is 22.8 Å². The summed E-state index contributed by atoms with van der Waals surface area (Å²) in [4.78, 5) is 14.3. The SMILES string of the molecule is CCn1c2ccccc2c2cccc(N=C=O)c21. The first-order valence-corrected chi connectivity index (χ1v) is 5.94. The lowest BCUT2D eigenvalue weighted by Crippen LogP contribution is -1.92. The highest BCUT2D eigenvalue weighted by molar-refractivity contribution is 6.11. The van der Waals surface area contributed by atoms with Gasteiger partial charge in [-0.1, -0.05) is 30.3 Å². The molecule has 0 spiro atoms. The Morgan fingerprint density at radius 1 is 1.11 bits per heavy atom. The average Bonchev–Trinajstić information content (AvgIpc) is 2.74. The van der Waals surface area contributed by atoms with Crippen molar-refractivity contribution in [3.8, 4) is 0 Å². The van der Waals surface area contributed by atoms with Gasteiger partial charge in [0.15, 0.2) is 0 Å². The van der Waals surface area contributed by atoms with E-state index in [1.54, 1.807) is 6.08 Å². The van der Waals surface area contributed by atoms with Gasteiger partial charge in [0.05, 0.1) is 5.52 Å². The summed E-state index contributed by atoms with van der Waals surface area (Å²) in [5, 5.41) is 2.32. The van der Waals surface area contributed by atoms with Crippen LogP contribution in [0.4, 0.5) is 5.69 Å². The van der Waals surface area contributed by atoms with Gasteiger partial charge in [-0.15, -0.1) is 0 Å². The molecule has 1 aromatic heterocycles. The zero-order chi connectivity index (χ0) is 12.5. The van der Waals surface area contributed by atoms with Gasteiger partial charge < -0.3 is 4.57 Å². The molecule has 3 rings (SSSR count). The van der Waals surface area contributed by atoms with Crippen molar-refractivity contribution in [3.63, 3.8) is 0 Å². The van der Waals surface area contributed by atoms with Crippen molar-refractivity contribution in [2.75, 3.05) is 0 Å². The molecule has 0 saturated heterocycles. The second-order valence-electron chi connectivity index (χ2n) is 4.14. The van der Waals surface area contributed by atoms with Crippen molar-refractivity contribution >= 4 is 33.6 Å². The molecule has 0 unspecified atom stereocenters. The first kappa shape index (κ1) is 10.8. The van der Waals surface area contributed by atoms with Gasteiger partial charge in [0.2, 0.25) is 6.08 Å². The van der Waals surface area contributed by atoms with E-state index in [2.05, 4.69) is 34.7 Å². The van der Waals surface area contributed by atoms with Crippen molar-refractivity contribution in [1.82, 2.24) is 4.57 Å². The molecule has 0 aliphatic heterocycles. The lowest BCUT2D eigenvalue weighted by Gasteiger charge is -2.04. The number of hydrogen-bond acceptors (Lipinski definition) is 2. The molecule has 0 radical (unpaired) electrons. The Morgan fingerprint density at radius 3 is 2.67 bits per heavy atom. The molecule has 0 aliphatic carbocycles. The predicted molar refractivity (Wildman–Crippen MR) is 72.9 cm³/mol. The van der Waals surface area contributed by atoms with Crippen LogP contribution in [-0.4, -0.2) is 10.6 Å². The number of nitrogens with zero attached hydrogens (tertiary/aromatic N) is 2. The molecular formula is C15H12N2O. The zero-order valence-electron chi connectivity index (χ0n) is 10.1. The van der Waals surface area contributed by atoms with E-state index in [1.807, 2.05) is 24.3 Å². The highest BCUT2D eigenvalue weighted by Crippen LogP contribution is 2.34. The number of rotatable bonds is 2. The van der Waals surface area contributed by atoms with Gasteiger partial charge in [0.1, 0.15) is 5.69 Å². The number of para-hydroxylation sites is 2. The minimum atomic E-state index is 0.681. The maximum absolute atomic E-state index is 10.5. The fourth-order valence-corrected chi connectivity index (χ4v) is 2.56. The van der Waals surface area contributed by atoms with E-state index in [-0.39, 0.29) is 0 Å². The topological polar surface area (TPSA) is 34.4 Å². The maximum Gasteiger partial charge on any atom is 0.240 e. The molecule has 3 heteroatoms. The highest BCUT2D eigenvalue weighted by Gasteiger charge is 2.11. The third kappa shape index (κ3) is 1.38. The number of aromatic nitrogens is 1. The van der Waals surface area contributed by atoms with Crippen LogP contribution in [-0.2, 0) is 11.3 Å². The number of aryl methyl sites for hydroxylation is 1. The van der Waals surface area contributed by atoms with Gasteiger partial charge in [-0.25, -0.2) is 4.79 Å². The number of benzene rings is 2. The Bertz CT molecular complexity index is 780. The zero-order valence-corrected chi connectivity index (χ0v) is 10.1. The molecule has 2 aromatic carbocycles. The van der Waals surface area contributed by atoms with Crippen LogP contribution in [0.5, 0.6) is 0 Å². The smallest absolute Gasteiger partial charge is 0.240 e.